The summed E-state index contributed by atoms with van der Waals surface area (Å²) in [5, 5.41) is 0. The Labute approximate surface area is 67.5 Å². The molecule has 1 unspecified atom stereocenters. The molecule has 1 atom stereocenters. The molecule has 0 N–H and O–H groups in total. The largest absolute Gasteiger partial charge is 0.366 e. The molecule has 10 heavy (non-hydrogen) atoms. The maximum absolute atomic E-state index is 5.56. The molecule has 1 fully saturated rings. The van der Waals surface area contributed by atoms with Gasteiger partial charge in [0, 0.05) is 5.75 Å². The van der Waals surface area contributed by atoms with Crippen LogP contribution in [0.4, 0.5) is 0 Å². The van der Waals surface area contributed by atoms with Crippen molar-refractivity contribution in [2.45, 2.75) is 32.1 Å². The monoisotopic (exact) mass is 160 g/mol. The molecule has 1 aliphatic heterocycles. The van der Waals surface area contributed by atoms with E-state index in [0.717, 1.165) is 12.5 Å². The first-order valence-electron chi connectivity index (χ1n) is 4.11. The molecule has 60 valence electrons. The van der Waals surface area contributed by atoms with Gasteiger partial charge in [0.25, 0.3) is 0 Å². The third-order valence-corrected chi connectivity index (χ3v) is 3.33. The summed E-state index contributed by atoms with van der Waals surface area (Å²) in [5.41, 5.74) is 0.509. The Hall–Kier alpha value is 0.310. The van der Waals surface area contributed by atoms with Gasteiger partial charge in [0.1, 0.15) is 5.44 Å². The van der Waals surface area contributed by atoms with E-state index >= 15 is 0 Å². The van der Waals surface area contributed by atoms with Crippen LogP contribution in [0, 0.1) is 5.92 Å². The molecule has 0 spiro atoms. The van der Waals surface area contributed by atoms with Gasteiger partial charge in [-0.15, -0.1) is 11.8 Å². The van der Waals surface area contributed by atoms with Crippen LogP contribution in [0.3, 0.4) is 0 Å². The Morgan fingerprint density at radius 1 is 1.50 bits per heavy atom. The van der Waals surface area contributed by atoms with E-state index in [1.165, 1.54) is 18.6 Å². The first-order chi connectivity index (χ1) is 4.88. The SMILES string of the molecule is CCC(CC)C1OCCS1. The topological polar surface area (TPSA) is 9.23 Å². The molecule has 0 aromatic carbocycles. The molecule has 1 rings (SSSR count). The number of thioether (sulfide) groups is 1. The van der Waals surface area contributed by atoms with Crippen molar-refractivity contribution in [3.8, 4) is 0 Å². The van der Waals surface area contributed by atoms with Crippen LogP contribution in [0.2, 0.25) is 0 Å². The zero-order valence-corrected chi connectivity index (χ0v) is 7.62. The van der Waals surface area contributed by atoms with Crippen LogP contribution >= 0.6 is 11.8 Å². The average molecular weight is 160 g/mol. The fourth-order valence-electron chi connectivity index (χ4n) is 1.32. The lowest BCUT2D eigenvalue weighted by atomic mass is 10.1. The van der Waals surface area contributed by atoms with Crippen LogP contribution in [0.25, 0.3) is 0 Å². The zero-order chi connectivity index (χ0) is 7.40. The van der Waals surface area contributed by atoms with Crippen LogP contribution in [0.1, 0.15) is 26.7 Å². The van der Waals surface area contributed by atoms with Gasteiger partial charge in [0.2, 0.25) is 0 Å². The summed E-state index contributed by atoms with van der Waals surface area (Å²) >= 11 is 1.98. The highest BCUT2D eigenvalue weighted by atomic mass is 32.2. The van der Waals surface area contributed by atoms with E-state index in [2.05, 4.69) is 13.8 Å². The third kappa shape index (κ3) is 1.89. The standard InChI is InChI=1S/C8H16OS/c1-3-7(4-2)8-9-5-6-10-8/h7-8H,3-6H2,1-2H3. The van der Waals surface area contributed by atoms with Crippen molar-refractivity contribution in [1.82, 2.24) is 0 Å². The molecular formula is C8H16OS. The summed E-state index contributed by atoms with van der Waals surface area (Å²) in [6.07, 6.45) is 2.52. The van der Waals surface area contributed by atoms with E-state index in [1.54, 1.807) is 0 Å². The van der Waals surface area contributed by atoms with Crippen LogP contribution in [-0.2, 0) is 4.74 Å². The van der Waals surface area contributed by atoms with Gasteiger partial charge in [0.05, 0.1) is 6.61 Å². The second-order valence-corrected chi connectivity index (χ2v) is 3.89. The minimum Gasteiger partial charge on any atom is -0.366 e. The fraction of sp³-hybridized carbons (Fsp3) is 1.00. The zero-order valence-electron chi connectivity index (χ0n) is 6.80. The summed E-state index contributed by atoms with van der Waals surface area (Å²) in [5.74, 6) is 1.98. The quantitative estimate of drug-likeness (QED) is 0.627. The van der Waals surface area contributed by atoms with E-state index in [0.29, 0.717) is 5.44 Å². The molecule has 2 heteroatoms. The molecule has 1 heterocycles. The van der Waals surface area contributed by atoms with E-state index in [1.807, 2.05) is 11.8 Å². The Balaban J connectivity index is 2.29. The Bertz CT molecular complexity index is 85.3. The lowest BCUT2D eigenvalue weighted by Crippen LogP contribution is -2.14. The van der Waals surface area contributed by atoms with Crippen molar-refractivity contribution >= 4 is 11.8 Å². The van der Waals surface area contributed by atoms with E-state index < -0.39 is 0 Å². The summed E-state index contributed by atoms with van der Waals surface area (Å²) in [6, 6.07) is 0. The smallest absolute Gasteiger partial charge is 0.106 e. The first-order valence-corrected chi connectivity index (χ1v) is 5.16. The van der Waals surface area contributed by atoms with Crippen molar-refractivity contribution < 1.29 is 4.74 Å². The average Bonchev–Trinajstić information content (AvgIpc) is 2.43. The predicted molar refractivity (Wildman–Crippen MR) is 46.3 cm³/mol. The van der Waals surface area contributed by atoms with Crippen molar-refractivity contribution in [1.29, 1.82) is 0 Å². The maximum atomic E-state index is 5.56. The van der Waals surface area contributed by atoms with E-state index in [-0.39, 0.29) is 0 Å². The van der Waals surface area contributed by atoms with Crippen LogP contribution in [-0.4, -0.2) is 17.8 Å². The molecule has 0 radical (unpaired) electrons. The molecule has 0 aromatic rings. The first kappa shape index (κ1) is 8.41. The van der Waals surface area contributed by atoms with E-state index in [9.17, 15) is 0 Å². The summed E-state index contributed by atoms with van der Waals surface area (Å²) in [7, 11) is 0. The molecular weight excluding hydrogens is 144 g/mol. The molecule has 1 nitrogen and oxygen atoms in total. The summed E-state index contributed by atoms with van der Waals surface area (Å²) in [4.78, 5) is 0. The summed E-state index contributed by atoms with van der Waals surface area (Å²) in [6.45, 7) is 5.46. The predicted octanol–water partition coefficient (Wildman–Crippen LogP) is 2.51. The minimum absolute atomic E-state index is 0.509. The molecule has 1 aliphatic rings. The van der Waals surface area contributed by atoms with Gasteiger partial charge in [-0.3, -0.25) is 0 Å². The Morgan fingerprint density at radius 3 is 2.60 bits per heavy atom. The van der Waals surface area contributed by atoms with E-state index in [4.69, 9.17) is 4.74 Å². The van der Waals surface area contributed by atoms with Gasteiger partial charge >= 0.3 is 0 Å². The second-order valence-electron chi connectivity index (χ2n) is 2.69. The van der Waals surface area contributed by atoms with Gasteiger partial charge in [-0.05, 0) is 5.92 Å². The van der Waals surface area contributed by atoms with Crippen molar-refractivity contribution in [2.75, 3.05) is 12.4 Å². The van der Waals surface area contributed by atoms with Gasteiger partial charge in [-0.2, -0.15) is 0 Å². The lowest BCUT2D eigenvalue weighted by Gasteiger charge is -2.18. The molecule has 0 aromatic heterocycles. The highest BCUT2D eigenvalue weighted by Gasteiger charge is 2.23. The third-order valence-electron chi connectivity index (χ3n) is 2.08. The summed E-state index contributed by atoms with van der Waals surface area (Å²) < 4.78 is 5.56. The van der Waals surface area contributed by atoms with Crippen molar-refractivity contribution in [3.63, 3.8) is 0 Å². The van der Waals surface area contributed by atoms with Gasteiger partial charge in [0.15, 0.2) is 0 Å². The van der Waals surface area contributed by atoms with Gasteiger partial charge < -0.3 is 4.74 Å². The number of hydrogen-bond donors (Lipinski definition) is 0. The number of ether oxygens (including phenoxy) is 1. The Morgan fingerprint density at radius 2 is 2.20 bits per heavy atom. The van der Waals surface area contributed by atoms with Gasteiger partial charge in [-0.25, -0.2) is 0 Å². The fourth-order valence-corrected chi connectivity index (χ4v) is 2.60. The van der Waals surface area contributed by atoms with Crippen LogP contribution < -0.4 is 0 Å². The minimum atomic E-state index is 0.509. The van der Waals surface area contributed by atoms with Crippen molar-refractivity contribution in [3.05, 3.63) is 0 Å². The maximum Gasteiger partial charge on any atom is 0.106 e. The van der Waals surface area contributed by atoms with Crippen LogP contribution in [0.15, 0.2) is 0 Å². The normalized spacial score (nSPS) is 26.1. The number of hydrogen-bond acceptors (Lipinski definition) is 2. The lowest BCUT2D eigenvalue weighted by molar-refractivity contribution is 0.0965. The molecule has 0 amide bonds. The highest BCUT2D eigenvalue weighted by molar-refractivity contribution is 8.00. The highest BCUT2D eigenvalue weighted by Crippen LogP contribution is 2.30. The molecule has 0 saturated carbocycles. The number of rotatable bonds is 3. The molecule has 1 saturated heterocycles. The van der Waals surface area contributed by atoms with Gasteiger partial charge in [-0.1, -0.05) is 26.7 Å². The molecule has 0 bridgehead atoms. The van der Waals surface area contributed by atoms with Crippen LogP contribution in [0.5, 0.6) is 0 Å². The van der Waals surface area contributed by atoms with Crippen molar-refractivity contribution in [2.24, 2.45) is 5.92 Å². The molecule has 0 aliphatic carbocycles. The second kappa shape index (κ2) is 4.24. The Kier molecular flexibility index (Phi) is 3.57.